The third kappa shape index (κ3) is 4.22. The number of aliphatic hydroxyl groups excluding tert-OH is 1. The molecule has 0 radical (unpaired) electrons. The van der Waals surface area contributed by atoms with Crippen molar-refractivity contribution in [3.63, 3.8) is 0 Å². The summed E-state index contributed by atoms with van der Waals surface area (Å²) in [6.07, 6.45) is 0.420. The number of nitrogens with one attached hydrogen (secondary N) is 1. The predicted octanol–water partition coefficient (Wildman–Crippen LogP) is 3.74. The summed E-state index contributed by atoms with van der Waals surface area (Å²) in [7, 11) is 0. The number of rotatable bonds is 5. The summed E-state index contributed by atoms with van der Waals surface area (Å²) in [6, 6.07) is 15.8. The molecule has 1 saturated heterocycles. The predicted molar refractivity (Wildman–Crippen MR) is 102 cm³/mol. The van der Waals surface area contributed by atoms with Crippen LogP contribution < -0.4 is 5.32 Å². The summed E-state index contributed by atoms with van der Waals surface area (Å²) in [5, 5.41) is 23.2. The number of hydrogen-bond acceptors (Lipinski definition) is 3. The number of nitrogens with zero attached hydrogens (tertiary/aromatic N) is 1. The lowest BCUT2D eigenvalue weighted by Crippen LogP contribution is -2.63. The van der Waals surface area contributed by atoms with E-state index in [2.05, 4.69) is 5.32 Å². The minimum atomic E-state index is -0.967. The minimum Gasteiger partial charge on any atom is -0.465 e. The van der Waals surface area contributed by atoms with Crippen LogP contribution in [-0.4, -0.2) is 45.4 Å². The van der Waals surface area contributed by atoms with Gasteiger partial charge in [-0.3, -0.25) is 0 Å². The Kier molecular flexibility index (Phi) is 5.37. The van der Waals surface area contributed by atoms with Crippen molar-refractivity contribution in [2.24, 2.45) is 0 Å². The first-order chi connectivity index (χ1) is 12.9. The van der Waals surface area contributed by atoms with Crippen LogP contribution in [0.3, 0.4) is 0 Å². The van der Waals surface area contributed by atoms with Crippen LogP contribution in [0.5, 0.6) is 0 Å². The van der Waals surface area contributed by atoms with Crippen molar-refractivity contribution < 1.29 is 19.4 Å². The van der Waals surface area contributed by atoms with E-state index < -0.39 is 17.2 Å². The Morgan fingerprint density at radius 1 is 1.22 bits per heavy atom. The van der Waals surface area contributed by atoms with E-state index in [0.717, 1.165) is 5.56 Å². The first-order valence-electron chi connectivity index (χ1n) is 9.05. The highest BCUT2D eigenvalue weighted by atomic mass is 19.1. The number of carboxylic acid groups (broad SMARTS) is 1. The number of aliphatic hydroxyl groups is 1. The molecule has 1 heterocycles. The second-order valence-corrected chi connectivity index (χ2v) is 7.59. The number of hydrogen-bond donors (Lipinski definition) is 3. The Balaban J connectivity index is 1.90. The molecule has 1 amide bonds. The molecule has 0 bridgehead atoms. The molecule has 3 N–H and O–H groups in total. The lowest BCUT2D eigenvalue weighted by molar-refractivity contribution is 0.0167. The number of halogens is 1. The molecule has 0 aliphatic carbocycles. The van der Waals surface area contributed by atoms with Crippen molar-refractivity contribution in [1.82, 2.24) is 4.90 Å². The molecule has 2 aromatic rings. The highest BCUT2D eigenvalue weighted by Crippen LogP contribution is 2.39. The van der Waals surface area contributed by atoms with Crippen molar-refractivity contribution >= 4 is 11.8 Å². The van der Waals surface area contributed by atoms with Crippen LogP contribution in [0.25, 0.3) is 0 Å². The van der Waals surface area contributed by atoms with Gasteiger partial charge in [-0.1, -0.05) is 36.4 Å². The summed E-state index contributed by atoms with van der Waals surface area (Å²) in [5.41, 5.74) is 0.193. The molecule has 0 saturated carbocycles. The van der Waals surface area contributed by atoms with Crippen LogP contribution in [0, 0.1) is 5.82 Å². The van der Waals surface area contributed by atoms with Gasteiger partial charge in [-0.2, -0.15) is 0 Å². The average molecular weight is 372 g/mol. The maximum Gasteiger partial charge on any atom is 0.407 e. The number of likely N-dealkylation sites (tertiary alicyclic amines) is 1. The molecule has 0 spiro atoms. The number of anilines is 1. The summed E-state index contributed by atoms with van der Waals surface area (Å²) in [6.45, 7) is 2.04. The topological polar surface area (TPSA) is 72.8 Å². The molecule has 2 aromatic carbocycles. The molecule has 27 heavy (non-hydrogen) atoms. The van der Waals surface area contributed by atoms with E-state index in [4.69, 9.17) is 0 Å². The first kappa shape index (κ1) is 19.2. The van der Waals surface area contributed by atoms with E-state index in [1.54, 1.807) is 12.1 Å². The van der Waals surface area contributed by atoms with E-state index >= 15 is 0 Å². The van der Waals surface area contributed by atoms with Crippen molar-refractivity contribution in [3.8, 4) is 0 Å². The molecule has 144 valence electrons. The molecule has 5 nitrogen and oxygen atoms in total. The van der Waals surface area contributed by atoms with Crippen LogP contribution in [-0.2, 0) is 6.42 Å². The van der Waals surface area contributed by atoms with Gasteiger partial charge in [0.05, 0.1) is 12.1 Å². The highest BCUT2D eigenvalue weighted by Gasteiger charge is 2.48. The molecule has 1 fully saturated rings. The third-order valence-electron chi connectivity index (χ3n) is 5.38. The average Bonchev–Trinajstić information content (AvgIpc) is 2.62. The van der Waals surface area contributed by atoms with Crippen molar-refractivity contribution in [1.29, 1.82) is 0 Å². The van der Waals surface area contributed by atoms with Crippen molar-refractivity contribution in [3.05, 3.63) is 66.0 Å². The highest BCUT2D eigenvalue weighted by molar-refractivity contribution is 5.66. The third-order valence-corrected chi connectivity index (χ3v) is 5.38. The fourth-order valence-electron chi connectivity index (χ4n) is 4.18. The molecule has 0 unspecified atom stereocenters. The quantitative estimate of drug-likeness (QED) is 0.748. The Labute approximate surface area is 158 Å². The molecule has 1 aliphatic rings. The fraction of sp³-hybridized carbons (Fsp3) is 0.381. The fourth-order valence-corrected chi connectivity index (χ4v) is 4.18. The van der Waals surface area contributed by atoms with E-state index in [1.165, 1.54) is 17.0 Å². The summed E-state index contributed by atoms with van der Waals surface area (Å²) in [4.78, 5) is 13.3. The van der Waals surface area contributed by atoms with E-state index in [-0.39, 0.29) is 12.4 Å². The van der Waals surface area contributed by atoms with Crippen LogP contribution in [0.15, 0.2) is 54.6 Å². The minimum absolute atomic E-state index is 0.165. The molecule has 1 aliphatic heterocycles. The summed E-state index contributed by atoms with van der Waals surface area (Å²) >= 11 is 0. The van der Waals surface area contributed by atoms with Gasteiger partial charge in [-0.05, 0) is 49.9 Å². The zero-order valence-corrected chi connectivity index (χ0v) is 15.4. The van der Waals surface area contributed by atoms with Gasteiger partial charge in [0.2, 0.25) is 0 Å². The first-order valence-corrected chi connectivity index (χ1v) is 9.05. The van der Waals surface area contributed by atoms with Gasteiger partial charge in [0.25, 0.3) is 0 Å². The lowest BCUT2D eigenvalue weighted by atomic mass is 9.73. The molecular weight excluding hydrogens is 347 g/mol. The molecule has 0 aromatic heterocycles. The number of amides is 1. The van der Waals surface area contributed by atoms with Crippen LogP contribution in [0.1, 0.15) is 25.3 Å². The van der Waals surface area contributed by atoms with E-state index in [0.29, 0.717) is 31.5 Å². The van der Waals surface area contributed by atoms with Gasteiger partial charge in [0.1, 0.15) is 5.82 Å². The SMILES string of the molecule is C[C@]1(Cc2ccccc2)C[C@](CO)(Nc2cccc(F)c2)CCN1C(=O)O. The van der Waals surface area contributed by atoms with Crippen LogP contribution in [0.4, 0.5) is 14.9 Å². The lowest BCUT2D eigenvalue weighted by Gasteiger charge is -2.52. The zero-order valence-electron chi connectivity index (χ0n) is 15.4. The Morgan fingerprint density at radius 2 is 1.96 bits per heavy atom. The second-order valence-electron chi connectivity index (χ2n) is 7.59. The van der Waals surface area contributed by atoms with Crippen molar-refractivity contribution in [2.45, 2.75) is 37.3 Å². The zero-order chi connectivity index (χ0) is 19.5. The maximum absolute atomic E-state index is 13.6. The molecular formula is C21H25FN2O3. The Hall–Kier alpha value is -2.60. The van der Waals surface area contributed by atoms with Gasteiger partial charge < -0.3 is 20.4 Å². The summed E-state index contributed by atoms with van der Waals surface area (Å²) < 4.78 is 13.6. The Bertz CT molecular complexity index is 801. The van der Waals surface area contributed by atoms with Gasteiger partial charge in [-0.25, -0.2) is 9.18 Å². The number of piperidine rings is 1. The van der Waals surface area contributed by atoms with Gasteiger partial charge in [0.15, 0.2) is 0 Å². The monoisotopic (exact) mass is 372 g/mol. The molecule has 6 heteroatoms. The van der Waals surface area contributed by atoms with E-state index in [9.17, 15) is 19.4 Å². The smallest absolute Gasteiger partial charge is 0.407 e. The van der Waals surface area contributed by atoms with Gasteiger partial charge >= 0.3 is 6.09 Å². The van der Waals surface area contributed by atoms with Gasteiger partial charge in [0, 0.05) is 17.8 Å². The maximum atomic E-state index is 13.6. The standard InChI is InChI=1S/C21H25FN2O3/c1-20(13-16-6-3-2-4-7-16)14-21(15-25,10-11-24(20)19(26)27)23-18-9-5-8-17(22)12-18/h2-9,12,23,25H,10-11,13-15H2,1H3,(H,26,27)/t20-,21+/m0/s1. The molecule has 2 atom stereocenters. The second kappa shape index (κ2) is 7.56. The number of carbonyl (C=O) groups is 1. The van der Waals surface area contributed by atoms with Crippen LogP contribution in [0.2, 0.25) is 0 Å². The Morgan fingerprint density at radius 3 is 2.59 bits per heavy atom. The normalized spacial score (nSPS) is 25.2. The largest absolute Gasteiger partial charge is 0.465 e. The van der Waals surface area contributed by atoms with Crippen LogP contribution >= 0.6 is 0 Å². The van der Waals surface area contributed by atoms with Crippen molar-refractivity contribution in [2.75, 3.05) is 18.5 Å². The van der Waals surface area contributed by atoms with E-state index in [1.807, 2.05) is 37.3 Å². The summed E-state index contributed by atoms with van der Waals surface area (Å²) in [5.74, 6) is -0.358. The molecule has 3 rings (SSSR count). The number of benzene rings is 2. The van der Waals surface area contributed by atoms with Gasteiger partial charge in [-0.15, -0.1) is 0 Å².